The van der Waals surface area contributed by atoms with Gasteiger partial charge in [-0.05, 0) is 13.0 Å². The molecule has 0 unspecified atom stereocenters. The van der Waals surface area contributed by atoms with Crippen LogP contribution in [0.15, 0.2) is 16.9 Å². The number of hydrogen-bond donors (Lipinski definition) is 2. The monoisotopic (exact) mass is 100 g/mol. The van der Waals surface area contributed by atoms with E-state index >= 15 is 0 Å². The lowest BCUT2D eigenvalue weighted by Gasteiger charge is -1.78. The topological polar surface area (TPSA) is 58.6 Å². The molecule has 0 bridgehead atoms. The fourth-order valence-corrected chi connectivity index (χ4v) is 0.151. The fourth-order valence-electron chi connectivity index (χ4n) is 0.151. The van der Waals surface area contributed by atoms with Crippen LogP contribution in [-0.4, -0.2) is 11.4 Å². The Bertz CT molecular complexity index is 91.9. The van der Waals surface area contributed by atoms with Crippen LogP contribution in [0.4, 0.5) is 0 Å². The molecule has 3 heteroatoms. The van der Waals surface area contributed by atoms with Gasteiger partial charge in [0.25, 0.3) is 0 Å². The third-order valence-electron chi connectivity index (χ3n) is 0.404. The second-order valence-corrected chi connectivity index (χ2v) is 1.18. The van der Waals surface area contributed by atoms with Crippen molar-refractivity contribution in [3.8, 4) is 0 Å². The van der Waals surface area contributed by atoms with Crippen LogP contribution >= 0.6 is 0 Å². The van der Waals surface area contributed by atoms with Crippen molar-refractivity contribution in [2.24, 2.45) is 10.9 Å². The summed E-state index contributed by atoms with van der Waals surface area (Å²) in [6, 6.07) is 0. The van der Waals surface area contributed by atoms with Gasteiger partial charge in [0.1, 0.15) is 0 Å². The molecule has 0 spiro atoms. The summed E-state index contributed by atoms with van der Waals surface area (Å²) in [5.41, 5.74) is 5.76. The van der Waals surface area contributed by atoms with E-state index in [1.165, 1.54) is 12.3 Å². The van der Waals surface area contributed by atoms with E-state index in [0.717, 1.165) is 0 Å². The van der Waals surface area contributed by atoms with Crippen molar-refractivity contribution in [1.82, 2.24) is 0 Å². The normalized spacial score (nSPS) is 13.0. The first-order valence-electron chi connectivity index (χ1n) is 1.87. The number of oxime groups is 1. The standard InChI is InChI=1S/C4H8N2O/c1-4(5)2-3-6-7/h2-3,7H,5H2,1H3/b4-2+,6-3-. The van der Waals surface area contributed by atoms with Gasteiger partial charge in [0, 0.05) is 5.70 Å². The van der Waals surface area contributed by atoms with E-state index < -0.39 is 0 Å². The van der Waals surface area contributed by atoms with Crippen molar-refractivity contribution in [2.75, 3.05) is 0 Å². The summed E-state index contributed by atoms with van der Waals surface area (Å²) >= 11 is 0. The van der Waals surface area contributed by atoms with E-state index in [2.05, 4.69) is 5.16 Å². The highest BCUT2D eigenvalue weighted by Gasteiger charge is 1.67. The zero-order valence-electron chi connectivity index (χ0n) is 4.13. The van der Waals surface area contributed by atoms with Gasteiger partial charge in [0.15, 0.2) is 0 Å². The summed E-state index contributed by atoms with van der Waals surface area (Å²) in [4.78, 5) is 0. The van der Waals surface area contributed by atoms with Gasteiger partial charge in [-0.25, -0.2) is 0 Å². The Morgan fingerprint density at radius 1 is 1.86 bits per heavy atom. The Labute approximate surface area is 42.1 Å². The quantitative estimate of drug-likeness (QED) is 0.283. The van der Waals surface area contributed by atoms with E-state index in [0.29, 0.717) is 5.70 Å². The minimum absolute atomic E-state index is 0.623. The van der Waals surface area contributed by atoms with Crippen LogP contribution in [0, 0.1) is 0 Å². The smallest absolute Gasteiger partial charge is 0.0678 e. The van der Waals surface area contributed by atoms with Gasteiger partial charge < -0.3 is 10.9 Å². The molecule has 7 heavy (non-hydrogen) atoms. The molecule has 0 fully saturated rings. The first-order chi connectivity index (χ1) is 3.27. The van der Waals surface area contributed by atoms with Crippen LogP contribution in [0.3, 0.4) is 0 Å². The summed E-state index contributed by atoms with van der Waals surface area (Å²) in [5, 5.41) is 10.5. The highest BCUT2D eigenvalue weighted by Crippen LogP contribution is 1.72. The van der Waals surface area contributed by atoms with Crippen LogP contribution < -0.4 is 5.73 Å². The van der Waals surface area contributed by atoms with E-state index in [9.17, 15) is 0 Å². The van der Waals surface area contributed by atoms with Gasteiger partial charge in [-0.3, -0.25) is 0 Å². The molecule has 0 heterocycles. The molecule has 40 valence electrons. The molecule has 3 N–H and O–H groups in total. The number of nitrogens with two attached hydrogens (primary N) is 1. The minimum atomic E-state index is 0.623. The summed E-state index contributed by atoms with van der Waals surface area (Å²) < 4.78 is 0. The number of allylic oxidation sites excluding steroid dienone is 2. The predicted octanol–water partition coefficient (Wildman–Crippen LogP) is 0.309. The number of hydrogen-bond acceptors (Lipinski definition) is 3. The SMILES string of the molecule is C/C(N)=C\C=N/O. The van der Waals surface area contributed by atoms with Crippen molar-refractivity contribution in [2.45, 2.75) is 6.92 Å². The van der Waals surface area contributed by atoms with E-state index in [-0.39, 0.29) is 0 Å². The third-order valence-corrected chi connectivity index (χ3v) is 0.404. The first-order valence-corrected chi connectivity index (χ1v) is 1.87. The van der Waals surface area contributed by atoms with Crippen molar-refractivity contribution < 1.29 is 5.21 Å². The summed E-state index contributed by atoms with van der Waals surface area (Å²) in [6.07, 6.45) is 2.72. The van der Waals surface area contributed by atoms with Crippen molar-refractivity contribution in [3.05, 3.63) is 11.8 Å². The van der Waals surface area contributed by atoms with E-state index in [1.54, 1.807) is 6.92 Å². The first kappa shape index (κ1) is 6.01. The second kappa shape index (κ2) is 3.21. The van der Waals surface area contributed by atoms with Gasteiger partial charge in [-0.1, -0.05) is 5.16 Å². The molecule has 0 aromatic carbocycles. The van der Waals surface area contributed by atoms with Gasteiger partial charge in [-0.2, -0.15) is 0 Å². The summed E-state index contributed by atoms with van der Waals surface area (Å²) in [5.74, 6) is 0. The average Bonchev–Trinajstić information content (AvgIpc) is 1.61. The highest BCUT2D eigenvalue weighted by molar-refractivity contribution is 5.70. The lowest BCUT2D eigenvalue weighted by Crippen LogP contribution is -1.89. The van der Waals surface area contributed by atoms with Crippen molar-refractivity contribution >= 4 is 6.21 Å². The van der Waals surface area contributed by atoms with Gasteiger partial charge in [0.2, 0.25) is 0 Å². The molecule has 0 aromatic rings. The summed E-state index contributed by atoms with van der Waals surface area (Å²) in [6.45, 7) is 1.71. The third kappa shape index (κ3) is 5.01. The molecule has 0 rings (SSSR count). The molecular formula is C4H8N2O. The molecule has 0 aliphatic carbocycles. The van der Waals surface area contributed by atoms with Crippen molar-refractivity contribution in [1.29, 1.82) is 0 Å². The van der Waals surface area contributed by atoms with Gasteiger partial charge >= 0.3 is 0 Å². The van der Waals surface area contributed by atoms with Gasteiger partial charge in [0.05, 0.1) is 6.21 Å². The lowest BCUT2D eigenvalue weighted by atomic mass is 10.5. The number of rotatable bonds is 1. The largest absolute Gasteiger partial charge is 0.411 e. The fraction of sp³-hybridized carbons (Fsp3) is 0.250. The highest BCUT2D eigenvalue weighted by atomic mass is 16.4. The maximum Gasteiger partial charge on any atom is 0.0678 e. The van der Waals surface area contributed by atoms with Crippen LogP contribution in [0.25, 0.3) is 0 Å². The van der Waals surface area contributed by atoms with Crippen LogP contribution in [-0.2, 0) is 0 Å². The maximum atomic E-state index is 7.78. The molecule has 0 aliphatic rings. The molecule has 0 amide bonds. The second-order valence-electron chi connectivity index (χ2n) is 1.18. The van der Waals surface area contributed by atoms with Gasteiger partial charge in [-0.15, -0.1) is 0 Å². The Balaban J connectivity index is 3.46. The van der Waals surface area contributed by atoms with E-state index in [1.807, 2.05) is 0 Å². The molecule has 0 aromatic heterocycles. The molecule has 0 saturated heterocycles. The Morgan fingerprint density at radius 3 is 2.57 bits per heavy atom. The molecule has 0 aliphatic heterocycles. The lowest BCUT2D eigenvalue weighted by molar-refractivity contribution is 0.322. The molecule has 3 nitrogen and oxygen atoms in total. The maximum absolute atomic E-state index is 7.78. The average molecular weight is 100 g/mol. The van der Waals surface area contributed by atoms with Crippen LogP contribution in [0.5, 0.6) is 0 Å². The zero-order valence-corrected chi connectivity index (χ0v) is 4.13. The molecular weight excluding hydrogens is 92.1 g/mol. The zero-order chi connectivity index (χ0) is 5.70. The van der Waals surface area contributed by atoms with Crippen molar-refractivity contribution in [3.63, 3.8) is 0 Å². The molecule has 0 radical (unpaired) electrons. The predicted molar refractivity (Wildman–Crippen MR) is 28.2 cm³/mol. The van der Waals surface area contributed by atoms with E-state index in [4.69, 9.17) is 10.9 Å². The van der Waals surface area contributed by atoms with Crippen LogP contribution in [0.1, 0.15) is 6.92 Å². The summed E-state index contributed by atoms with van der Waals surface area (Å²) in [7, 11) is 0. The Kier molecular flexibility index (Phi) is 2.76. The Morgan fingerprint density at radius 2 is 2.43 bits per heavy atom. The molecule has 0 saturated carbocycles. The number of nitrogens with zero attached hydrogens (tertiary/aromatic N) is 1. The molecule has 0 atom stereocenters. The Hall–Kier alpha value is -0.990. The minimum Gasteiger partial charge on any atom is -0.411 e. The van der Waals surface area contributed by atoms with Crippen LogP contribution in [0.2, 0.25) is 0 Å².